The molecule has 1 heteroatoms. The second-order valence-corrected chi connectivity index (χ2v) is 4.27. The minimum Gasteiger partial charge on any atom is -0.378 e. The molecule has 0 saturated carbocycles. The third-order valence-corrected chi connectivity index (χ3v) is 2.78. The van der Waals surface area contributed by atoms with E-state index in [0.717, 1.165) is 6.42 Å². The van der Waals surface area contributed by atoms with Crippen molar-refractivity contribution in [3.63, 3.8) is 0 Å². The first kappa shape index (κ1) is 12.6. The van der Waals surface area contributed by atoms with Gasteiger partial charge in [-0.15, -0.1) is 0 Å². The Hall–Kier alpha value is -1.50. The Morgan fingerprint density at radius 1 is 1.25 bits per heavy atom. The molecule has 0 unspecified atom stereocenters. The molecule has 0 heterocycles. The average Bonchev–Trinajstić information content (AvgIpc) is 2.28. The molecule has 0 atom stereocenters. The molecule has 1 nitrogen and oxygen atoms in total. The zero-order chi connectivity index (χ0) is 12.1. The first-order chi connectivity index (χ1) is 7.54. The second kappa shape index (κ2) is 5.55. The quantitative estimate of drug-likeness (QED) is 0.683. The Labute approximate surface area is 99.1 Å². The first-order valence-electron chi connectivity index (χ1n) is 5.68. The zero-order valence-electron chi connectivity index (χ0n) is 10.7. The maximum Gasteiger partial charge on any atom is 0.0361 e. The predicted molar refractivity (Wildman–Crippen MR) is 73.9 cm³/mol. The molecule has 0 N–H and O–H groups in total. The van der Waals surface area contributed by atoms with E-state index in [1.165, 1.54) is 22.4 Å². The monoisotopic (exact) mass is 215 g/mol. The van der Waals surface area contributed by atoms with Crippen LogP contribution in [0.2, 0.25) is 0 Å². The summed E-state index contributed by atoms with van der Waals surface area (Å²) >= 11 is 0. The summed E-state index contributed by atoms with van der Waals surface area (Å²) in [6.07, 6.45) is 3.20. The van der Waals surface area contributed by atoms with Crippen LogP contribution in [0, 0.1) is 0 Å². The third kappa shape index (κ3) is 3.27. The Balaban J connectivity index is 2.87. The van der Waals surface area contributed by atoms with Crippen molar-refractivity contribution in [2.45, 2.75) is 20.3 Å². The predicted octanol–water partition coefficient (Wildman–Crippen LogP) is 4.12. The number of benzene rings is 1. The van der Waals surface area contributed by atoms with Crippen LogP contribution < -0.4 is 4.90 Å². The van der Waals surface area contributed by atoms with Crippen LogP contribution >= 0.6 is 0 Å². The van der Waals surface area contributed by atoms with Gasteiger partial charge in [0.1, 0.15) is 0 Å². The van der Waals surface area contributed by atoms with Crippen molar-refractivity contribution < 1.29 is 0 Å². The standard InChI is InChI=1S/C15H21N/c1-6-12(2)13(3)11-14-7-9-15(10-8-14)16(4)5/h7-11H,2,6H2,1,3-5H3/b13-11-. The lowest BCUT2D eigenvalue weighted by Crippen LogP contribution is -2.07. The van der Waals surface area contributed by atoms with E-state index < -0.39 is 0 Å². The van der Waals surface area contributed by atoms with Gasteiger partial charge in [-0.1, -0.05) is 37.3 Å². The summed E-state index contributed by atoms with van der Waals surface area (Å²) in [6, 6.07) is 8.55. The van der Waals surface area contributed by atoms with Gasteiger partial charge in [0.25, 0.3) is 0 Å². The van der Waals surface area contributed by atoms with Crippen LogP contribution in [0.3, 0.4) is 0 Å². The Bertz CT molecular complexity index is 382. The van der Waals surface area contributed by atoms with Crippen LogP contribution in [0.1, 0.15) is 25.8 Å². The lowest BCUT2D eigenvalue weighted by molar-refractivity contribution is 1.12. The number of allylic oxidation sites excluding steroid dienone is 2. The molecule has 1 rings (SSSR count). The van der Waals surface area contributed by atoms with Gasteiger partial charge in [-0.3, -0.25) is 0 Å². The minimum absolute atomic E-state index is 1.01. The SMILES string of the molecule is C=C(CC)/C(C)=C\c1ccc(N(C)C)cc1. The summed E-state index contributed by atoms with van der Waals surface area (Å²) in [5, 5.41) is 0. The van der Waals surface area contributed by atoms with Gasteiger partial charge >= 0.3 is 0 Å². The highest BCUT2D eigenvalue weighted by Gasteiger charge is 1.96. The lowest BCUT2D eigenvalue weighted by atomic mass is 10.0. The van der Waals surface area contributed by atoms with Crippen molar-refractivity contribution >= 4 is 11.8 Å². The summed E-state index contributed by atoms with van der Waals surface area (Å²) in [6.45, 7) is 8.29. The highest BCUT2D eigenvalue weighted by molar-refractivity contribution is 5.60. The fraction of sp³-hybridized carbons (Fsp3) is 0.333. The van der Waals surface area contributed by atoms with Crippen LogP contribution in [0.15, 0.2) is 42.0 Å². The van der Waals surface area contributed by atoms with Crippen molar-refractivity contribution in [1.82, 2.24) is 0 Å². The smallest absolute Gasteiger partial charge is 0.0361 e. The fourth-order valence-corrected chi connectivity index (χ4v) is 1.50. The highest BCUT2D eigenvalue weighted by Crippen LogP contribution is 2.18. The maximum absolute atomic E-state index is 4.04. The van der Waals surface area contributed by atoms with Gasteiger partial charge in [-0.2, -0.15) is 0 Å². The normalized spacial score (nSPS) is 11.4. The summed E-state index contributed by atoms with van der Waals surface area (Å²) < 4.78 is 0. The molecule has 0 aliphatic carbocycles. The summed E-state index contributed by atoms with van der Waals surface area (Å²) in [5.74, 6) is 0. The van der Waals surface area contributed by atoms with Gasteiger partial charge in [0.2, 0.25) is 0 Å². The van der Waals surface area contributed by atoms with Gasteiger partial charge in [-0.05, 0) is 36.6 Å². The number of anilines is 1. The van der Waals surface area contributed by atoms with Gasteiger partial charge < -0.3 is 4.90 Å². The van der Waals surface area contributed by atoms with E-state index in [1.807, 2.05) is 0 Å². The Morgan fingerprint density at radius 3 is 2.25 bits per heavy atom. The molecule has 1 aromatic rings. The van der Waals surface area contributed by atoms with E-state index in [1.54, 1.807) is 0 Å². The van der Waals surface area contributed by atoms with Crippen molar-refractivity contribution in [3.05, 3.63) is 47.6 Å². The molecule has 16 heavy (non-hydrogen) atoms. The molecule has 0 aliphatic rings. The molecular weight excluding hydrogens is 194 g/mol. The van der Waals surface area contributed by atoms with Crippen LogP contribution in [0.25, 0.3) is 6.08 Å². The third-order valence-electron chi connectivity index (χ3n) is 2.78. The molecule has 0 radical (unpaired) electrons. The van der Waals surface area contributed by atoms with E-state index in [0.29, 0.717) is 0 Å². The summed E-state index contributed by atoms with van der Waals surface area (Å²) in [4.78, 5) is 2.10. The van der Waals surface area contributed by atoms with Crippen molar-refractivity contribution in [2.24, 2.45) is 0 Å². The van der Waals surface area contributed by atoms with Gasteiger partial charge in [0.05, 0.1) is 0 Å². The van der Waals surface area contributed by atoms with E-state index in [2.05, 4.69) is 69.8 Å². The zero-order valence-corrected chi connectivity index (χ0v) is 10.7. The highest BCUT2D eigenvalue weighted by atomic mass is 15.1. The lowest BCUT2D eigenvalue weighted by Gasteiger charge is -2.12. The molecule has 0 aliphatic heterocycles. The second-order valence-electron chi connectivity index (χ2n) is 4.27. The van der Waals surface area contributed by atoms with Gasteiger partial charge in [-0.25, -0.2) is 0 Å². The first-order valence-corrected chi connectivity index (χ1v) is 5.68. The minimum atomic E-state index is 1.01. The van der Waals surface area contributed by atoms with E-state index in [4.69, 9.17) is 0 Å². The van der Waals surface area contributed by atoms with Crippen molar-refractivity contribution in [1.29, 1.82) is 0 Å². The largest absolute Gasteiger partial charge is 0.378 e. The average molecular weight is 215 g/mol. The van der Waals surface area contributed by atoms with Crippen LogP contribution in [-0.2, 0) is 0 Å². The molecule has 86 valence electrons. The van der Waals surface area contributed by atoms with E-state index in [-0.39, 0.29) is 0 Å². The van der Waals surface area contributed by atoms with E-state index in [9.17, 15) is 0 Å². The molecule has 0 aromatic heterocycles. The van der Waals surface area contributed by atoms with Crippen LogP contribution in [-0.4, -0.2) is 14.1 Å². The van der Waals surface area contributed by atoms with Crippen molar-refractivity contribution in [2.75, 3.05) is 19.0 Å². The Kier molecular flexibility index (Phi) is 4.36. The molecule has 0 amide bonds. The topological polar surface area (TPSA) is 3.24 Å². The van der Waals surface area contributed by atoms with Gasteiger partial charge in [0.15, 0.2) is 0 Å². The molecule has 0 spiro atoms. The Morgan fingerprint density at radius 2 is 1.81 bits per heavy atom. The number of hydrogen-bond donors (Lipinski definition) is 0. The molecule has 0 bridgehead atoms. The van der Waals surface area contributed by atoms with Crippen molar-refractivity contribution in [3.8, 4) is 0 Å². The fourth-order valence-electron chi connectivity index (χ4n) is 1.50. The summed E-state index contributed by atoms with van der Waals surface area (Å²) in [5.41, 5.74) is 4.93. The molecule has 0 saturated heterocycles. The maximum atomic E-state index is 4.04. The van der Waals surface area contributed by atoms with Crippen LogP contribution in [0.5, 0.6) is 0 Å². The molecular formula is C15H21N. The molecule has 0 fully saturated rings. The van der Waals surface area contributed by atoms with E-state index >= 15 is 0 Å². The number of hydrogen-bond acceptors (Lipinski definition) is 1. The number of nitrogens with zero attached hydrogens (tertiary/aromatic N) is 1. The summed E-state index contributed by atoms with van der Waals surface area (Å²) in [7, 11) is 4.10. The number of rotatable bonds is 4. The van der Waals surface area contributed by atoms with Gasteiger partial charge in [0, 0.05) is 19.8 Å². The molecule has 1 aromatic carbocycles. The van der Waals surface area contributed by atoms with Crippen LogP contribution in [0.4, 0.5) is 5.69 Å².